The summed E-state index contributed by atoms with van der Waals surface area (Å²) < 4.78 is 64.8. The molecule has 0 bridgehead atoms. The zero-order valence-electron chi connectivity index (χ0n) is 14.9. The highest BCUT2D eigenvalue weighted by Gasteiger charge is 2.31. The van der Waals surface area contributed by atoms with Crippen LogP contribution < -0.4 is 5.32 Å². The van der Waals surface area contributed by atoms with Crippen LogP contribution in [0.4, 0.5) is 18.9 Å². The first-order chi connectivity index (χ1) is 13.6. The van der Waals surface area contributed by atoms with Crippen molar-refractivity contribution >= 4 is 44.6 Å². The smallest absolute Gasteiger partial charge is 0.325 e. The Balaban J connectivity index is 1.51. The van der Waals surface area contributed by atoms with E-state index in [1.54, 1.807) is 4.90 Å². The lowest BCUT2D eigenvalue weighted by Crippen LogP contribution is -2.50. The lowest BCUT2D eigenvalue weighted by molar-refractivity contribution is -0.137. The van der Waals surface area contributed by atoms with E-state index >= 15 is 0 Å². The Hall–Kier alpha value is -1.66. The summed E-state index contributed by atoms with van der Waals surface area (Å²) in [4.78, 5) is 13.9. The zero-order chi connectivity index (χ0) is 21.2. The highest BCUT2D eigenvalue weighted by atomic mass is 35.5. The highest BCUT2D eigenvalue weighted by Crippen LogP contribution is 2.30. The van der Waals surface area contributed by atoms with Gasteiger partial charge < -0.3 is 5.32 Å². The number of amides is 1. The van der Waals surface area contributed by atoms with Crippen LogP contribution in [0.15, 0.2) is 40.6 Å². The lowest BCUT2D eigenvalue weighted by Gasteiger charge is -2.33. The number of hydrogen-bond acceptors (Lipinski definition) is 5. The number of thiophene rings is 1. The third kappa shape index (κ3) is 5.48. The molecule has 2 aromatic rings. The van der Waals surface area contributed by atoms with Crippen LogP contribution in [0.3, 0.4) is 0 Å². The molecule has 3 rings (SSSR count). The van der Waals surface area contributed by atoms with E-state index in [-0.39, 0.29) is 35.4 Å². The van der Waals surface area contributed by atoms with Gasteiger partial charge in [-0.1, -0.05) is 11.6 Å². The molecular weight excluding hydrogens is 451 g/mol. The first-order valence-corrected chi connectivity index (χ1v) is 11.1. The van der Waals surface area contributed by atoms with Crippen LogP contribution in [-0.4, -0.2) is 56.3 Å². The minimum absolute atomic E-state index is 0.0136. The van der Waals surface area contributed by atoms with E-state index in [0.29, 0.717) is 17.4 Å². The first kappa shape index (κ1) is 22.0. The van der Waals surface area contributed by atoms with E-state index in [1.807, 2.05) is 0 Å². The van der Waals surface area contributed by atoms with Crippen molar-refractivity contribution in [2.75, 3.05) is 38.0 Å². The van der Waals surface area contributed by atoms with Crippen molar-refractivity contribution in [1.29, 1.82) is 0 Å². The second-order valence-corrected chi connectivity index (χ2v) is 10.2. The van der Waals surface area contributed by atoms with Crippen molar-refractivity contribution in [2.45, 2.75) is 10.4 Å². The Labute approximate surface area is 174 Å². The van der Waals surface area contributed by atoms with Crippen LogP contribution in [0.1, 0.15) is 5.56 Å². The number of sulfonamides is 1. The number of rotatable bonds is 5. The Kier molecular flexibility index (Phi) is 6.54. The molecule has 2 heterocycles. The van der Waals surface area contributed by atoms with Gasteiger partial charge in [-0.3, -0.25) is 9.69 Å². The maximum absolute atomic E-state index is 12.6. The Morgan fingerprint density at radius 2 is 1.69 bits per heavy atom. The van der Waals surface area contributed by atoms with Gasteiger partial charge in [-0.05, 0) is 36.4 Å². The van der Waals surface area contributed by atoms with Crippen LogP contribution >= 0.6 is 22.9 Å². The topological polar surface area (TPSA) is 69.7 Å². The average Bonchev–Trinajstić information content (AvgIpc) is 3.09. The van der Waals surface area contributed by atoms with Crippen molar-refractivity contribution < 1.29 is 26.4 Å². The molecular formula is C17H17ClF3N3O3S2. The molecule has 29 heavy (non-hydrogen) atoms. The summed E-state index contributed by atoms with van der Waals surface area (Å²) in [5.41, 5.74) is -0.529. The molecule has 1 amide bonds. The molecule has 1 aromatic carbocycles. The summed E-state index contributed by atoms with van der Waals surface area (Å²) in [6, 6.07) is 7.17. The molecule has 0 atom stereocenters. The van der Waals surface area contributed by atoms with Crippen LogP contribution in [0, 0.1) is 0 Å². The molecule has 0 radical (unpaired) electrons. The van der Waals surface area contributed by atoms with E-state index in [4.69, 9.17) is 11.6 Å². The molecule has 0 aliphatic carbocycles. The van der Waals surface area contributed by atoms with Crippen molar-refractivity contribution in [3.8, 4) is 0 Å². The highest BCUT2D eigenvalue weighted by molar-refractivity contribution is 7.91. The SMILES string of the molecule is O=C(CN1CCN(S(=O)(=O)c2ccc(Cl)s2)CC1)Nc1ccc(C(F)(F)F)cc1. The van der Waals surface area contributed by atoms with Gasteiger partial charge in [-0.25, -0.2) is 8.42 Å². The second kappa shape index (κ2) is 8.60. The minimum Gasteiger partial charge on any atom is -0.325 e. The molecule has 12 heteroatoms. The first-order valence-electron chi connectivity index (χ1n) is 8.51. The van der Waals surface area contributed by atoms with Crippen molar-refractivity contribution in [3.63, 3.8) is 0 Å². The summed E-state index contributed by atoms with van der Waals surface area (Å²) in [6.07, 6.45) is -4.43. The maximum atomic E-state index is 12.6. The van der Waals surface area contributed by atoms with Gasteiger partial charge in [0.2, 0.25) is 5.91 Å². The van der Waals surface area contributed by atoms with Crippen molar-refractivity contribution in [3.05, 3.63) is 46.3 Å². The number of carbonyl (C=O) groups is 1. The summed E-state index contributed by atoms with van der Waals surface area (Å²) in [6.45, 7) is 1.19. The zero-order valence-corrected chi connectivity index (χ0v) is 17.3. The van der Waals surface area contributed by atoms with E-state index in [9.17, 15) is 26.4 Å². The number of piperazine rings is 1. The third-order valence-corrected chi connectivity index (χ3v) is 7.93. The van der Waals surface area contributed by atoms with Crippen LogP contribution in [0.25, 0.3) is 0 Å². The summed E-state index contributed by atoms with van der Waals surface area (Å²) in [7, 11) is -3.61. The van der Waals surface area contributed by atoms with E-state index < -0.39 is 21.8 Å². The molecule has 0 spiro atoms. The largest absolute Gasteiger partial charge is 0.416 e. The van der Waals surface area contributed by atoms with E-state index in [2.05, 4.69) is 5.32 Å². The Morgan fingerprint density at radius 1 is 1.07 bits per heavy atom. The third-order valence-electron chi connectivity index (χ3n) is 4.34. The number of nitrogens with one attached hydrogen (secondary N) is 1. The molecule has 1 fully saturated rings. The lowest BCUT2D eigenvalue weighted by atomic mass is 10.2. The normalized spacial score (nSPS) is 16.7. The molecule has 1 N–H and O–H groups in total. The van der Waals surface area contributed by atoms with Gasteiger partial charge in [0.15, 0.2) is 0 Å². The van der Waals surface area contributed by atoms with Crippen LogP contribution in [0.5, 0.6) is 0 Å². The van der Waals surface area contributed by atoms with Crippen LogP contribution in [0.2, 0.25) is 4.34 Å². The number of benzene rings is 1. The fraction of sp³-hybridized carbons (Fsp3) is 0.353. The molecule has 1 saturated heterocycles. The predicted molar refractivity (Wildman–Crippen MR) is 105 cm³/mol. The van der Waals surface area contributed by atoms with E-state index in [1.165, 1.54) is 28.6 Å². The Bertz CT molecular complexity index is 970. The van der Waals surface area contributed by atoms with Crippen molar-refractivity contribution in [1.82, 2.24) is 9.21 Å². The van der Waals surface area contributed by atoms with Gasteiger partial charge in [0.25, 0.3) is 10.0 Å². The van der Waals surface area contributed by atoms with Gasteiger partial charge in [-0.2, -0.15) is 17.5 Å². The van der Waals surface area contributed by atoms with Gasteiger partial charge in [0.05, 0.1) is 16.4 Å². The molecule has 158 valence electrons. The van der Waals surface area contributed by atoms with Crippen LogP contribution in [-0.2, 0) is 21.0 Å². The average molecular weight is 468 g/mol. The Morgan fingerprint density at radius 3 is 2.21 bits per heavy atom. The number of hydrogen-bond donors (Lipinski definition) is 1. The van der Waals surface area contributed by atoms with Gasteiger partial charge >= 0.3 is 6.18 Å². The van der Waals surface area contributed by atoms with E-state index in [0.717, 1.165) is 23.5 Å². The maximum Gasteiger partial charge on any atom is 0.416 e. The number of carbonyl (C=O) groups excluding carboxylic acids is 1. The minimum atomic E-state index is -4.43. The van der Waals surface area contributed by atoms with Gasteiger partial charge in [0, 0.05) is 31.9 Å². The molecule has 1 aromatic heterocycles. The predicted octanol–water partition coefficient (Wildman–Crippen LogP) is 3.37. The summed E-state index contributed by atoms with van der Waals surface area (Å²) in [5, 5.41) is 2.55. The molecule has 6 nitrogen and oxygen atoms in total. The number of anilines is 1. The number of alkyl halides is 3. The monoisotopic (exact) mass is 467 g/mol. The molecule has 1 aliphatic heterocycles. The van der Waals surface area contributed by atoms with Crippen molar-refractivity contribution in [2.24, 2.45) is 0 Å². The fourth-order valence-corrected chi connectivity index (χ4v) is 5.90. The van der Waals surface area contributed by atoms with Gasteiger partial charge in [0.1, 0.15) is 4.21 Å². The quantitative estimate of drug-likeness (QED) is 0.732. The molecule has 0 unspecified atom stereocenters. The molecule has 1 aliphatic rings. The standard InChI is InChI=1S/C17H17ClF3N3O3S2/c18-14-5-6-16(28-14)29(26,27)24-9-7-23(8-10-24)11-15(25)22-13-3-1-12(2-4-13)17(19,20)21/h1-6H,7-11H2,(H,22,25). The number of nitrogens with zero attached hydrogens (tertiary/aromatic N) is 2. The van der Waals surface area contributed by atoms with Gasteiger partial charge in [-0.15, -0.1) is 11.3 Å². The summed E-state index contributed by atoms with van der Waals surface area (Å²) >= 11 is 6.80. The second-order valence-electron chi connectivity index (χ2n) is 6.36. The number of halogens is 4. The fourth-order valence-electron chi connectivity index (χ4n) is 2.84. The molecule has 0 saturated carbocycles. The summed E-state index contributed by atoms with van der Waals surface area (Å²) in [5.74, 6) is -0.383.